The van der Waals surface area contributed by atoms with Gasteiger partial charge in [0.05, 0.1) is 5.69 Å². The molecule has 4 rings (SSSR count). The van der Waals surface area contributed by atoms with E-state index in [2.05, 4.69) is 12.2 Å². The Kier molecular flexibility index (Phi) is 7.50. The van der Waals surface area contributed by atoms with Crippen LogP contribution in [0.5, 0.6) is 11.5 Å². The predicted octanol–water partition coefficient (Wildman–Crippen LogP) is 6.04. The van der Waals surface area contributed by atoms with E-state index in [0.29, 0.717) is 17.2 Å². The first kappa shape index (κ1) is 23.4. The maximum atomic E-state index is 13.2. The van der Waals surface area contributed by atoms with E-state index in [1.165, 1.54) is 23.3 Å². The Hall–Kier alpha value is -3.77. The smallest absolute Gasteiger partial charge is 0.270 e. The van der Waals surface area contributed by atoms with E-state index in [1.807, 2.05) is 54.6 Å². The third-order valence-electron chi connectivity index (χ3n) is 5.54. The van der Waals surface area contributed by atoms with Crippen molar-refractivity contribution in [3.8, 4) is 11.5 Å². The molecule has 2 amide bonds. The number of nitrogens with zero attached hydrogens (tertiary/aromatic N) is 1. The molecule has 3 aromatic rings. The monoisotopic (exact) mass is 470 g/mol. The zero-order valence-corrected chi connectivity index (χ0v) is 19.8. The lowest BCUT2D eigenvalue weighted by atomic mass is 10.0. The number of rotatable bonds is 8. The van der Waals surface area contributed by atoms with Crippen LogP contribution in [0.1, 0.15) is 37.3 Å². The van der Waals surface area contributed by atoms with Gasteiger partial charge in [-0.05, 0) is 78.7 Å². The quantitative estimate of drug-likeness (QED) is 0.189. The van der Waals surface area contributed by atoms with Crippen molar-refractivity contribution in [2.24, 2.45) is 0 Å². The molecule has 34 heavy (non-hydrogen) atoms. The van der Waals surface area contributed by atoms with Crippen LogP contribution in [0.3, 0.4) is 0 Å². The number of amides is 2. The van der Waals surface area contributed by atoms with Gasteiger partial charge in [-0.15, -0.1) is 0 Å². The minimum atomic E-state index is -0.498. The summed E-state index contributed by atoms with van der Waals surface area (Å²) in [7, 11) is 0. The van der Waals surface area contributed by atoms with Gasteiger partial charge in [-0.25, -0.2) is 0 Å². The number of nitrogens with one attached hydrogen (secondary N) is 1. The lowest BCUT2D eigenvalue weighted by Crippen LogP contribution is -2.54. The van der Waals surface area contributed by atoms with Crippen LogP contribution in [-0.4, -0.2) is 16.9 Å². The molecule has 0 saturated carbocycles. The topological polar surface area (TPSA) is 58.6 Å². The molecule has 172 valence electrons. The summed E-state index contributed by atoms with van der Waals surface area (Å²) in [5, 5.41) is 2.68. The van der Waals surface area contributed by atoms with Gasteiger partial charge in [0.25, 0.3) is 11.8 Å². The minimum absolute atomic E-state index is 0.0388. The molecule has 0 bridgehead atoms. The second kappa shape index (κ2) is 10.9. The summed E-state index contributed by atoms with van der Waals surface area (Å²) in [6.07, 6.45) is 6.17. The molecule has 1 aliphatic rings. The van der Waals surface area contributed by atoms with Crippen LogP contribution < -0.4 is 15.0 Å². The number of carbonyl (C=O) groups excluding carboxylic acids is 2. The Morgan fingerprint density at radius 2 is 1.56 bits per heavy atom. The highest BCUT2D eigenvalue weighted by Gasteiger charge is 2.34. The summed E-state index contributed by atoms with van der Waals surface area (Å²) in [4.78, 5) is 27.1. The molecule has 1 heterocycles. The van der Waals surface area contributed by atoms with E-state index in [4.69, 9.17) is 17.0 Å². The molecule has 0 unspecified atom stereocenters. The maximum Gasteiger partial charge on any atom is 0.270 e. The van der Waals surface area contributed by atoms with Gasteiger partial charge >= 0.3 is 0 Å². The van der Waals surface area contributed by atoms with E-state index in [0.717, 1.165) is 18.4 Å². The number of anilines is 1. The summed E-state index contributed by atoms with van der Waals surface area (Å²) in [5.41, 5.74) is 2.62. The minimum Gasteiger partial charge on any atom is -0.457 e. The van der Waals surface area contributed by atoms with Gasteiger partial charge in [-0.1, -0.05) is 62.2 Å². The molecule has 0 spiro atoms. The third kappa shape index (κ3) is 5.58. The van der Waals surface area contributed by atoms with Crippen molar-refractivity contribution in [1.29, 1.82) is 0 Å². The van der Waals surface area contributed by atoms with Crippen molar-refractivity contribution in [3.05, 3.63) is 95.6 Å². The number of hydrogen-bond donors (Lipinski definition) is 1. The normalized spacial score (nSPS) is 14.9. The third-order valence-corrected chi connectivity index (χ3v) is 5.82. The van der Waals surface area contributed by atoms with Crippen LogP contribution >= 0.6 is 12.2 Å². The fraction of sp³-hybridized carbons (Fsp3) is 0.179. The molecule has 0 aromatic heterocycles. The van der Waals surface area contributed by atoms with Gasteiger partial charge < -0.3 is 4.74 Å². The van der Waals surface area contributed by atoms with Gasteiger partial charge in [-0.3, -0.25) is 19.8 Å². The second-order valence-electron chi connectivity index (χ2n) is 8.07. The highest BCUT2D eigenvalue weighted by Crippen LogP contribution is 2.27. The summed E-state index contributed by atoms with van der Waals surface area (Å²) < 4.78 is 5.81. The number of unbranched alkanes of at least 4 members (excludes halogenated alkanes) is 2. The summed E-state index contributed by atoms with van der Waals surface area (Å²) in [5.74, 6) is 0.387. The Morgan fingerprint density at radius 1 is 0.882 bits per heavy atom. The highest BCUT2D eigenvalue weighted by molar-refractivity contribution is 7.80. The number of carbonyl (C=O) groups is 2. The molecule has 1 aliphatic heterocycles. The van der Waals surface area contributed by atoms with Crippen molar-refractivity contribution >= 4 is 40.9 Å². The molecule has 1 saturated heterocycles. The number of benzene rings is 3. The lowest BCUT2D eigenvalue weighted by molar-refractivity contribution is -0.122. The van der Waals surface area contributed by atoms with Crippen molar-refractivity contribution in [2.75, 3.05) is 4.90 Å². The van der Waals surface area contributed by atoms with E-state index in [1.54, 1.807) is 30.3 Å². The maximum absolute atomic E-state index is 13.2. The average Bonchev–Trinajstić information content (AvgIpc) is 2.84. The number of hydrogen-bond acceptors (Lipinski definition) is 4. The number of thiocarbonyl (C=S) groups is 1. The van der Waals surface area contributed by atoms with Crippen molar-refractivity contribution < 1.29 is 14.3 Å². The van der Waals surface area contributed by atoms with Crippen LogP contribution in [-0.2, 0) is 16.0 Å². The fourth-order valence-electron chi connectivity index (χ4n) is 3.71. The Labute approximate surface area is 205 Å². The van der Waals surface area contributed by atoms with Gasteiger partial charge in [0, 0.05) is 0 Å². The molecule has 1 fully saturated rings. The van der Waals surface area contributed by atoms with Gasteiger partial charge in [-0.2, -0.15) is 0 Å². The van der Waals surface area contributed by atoms with Gasteiger partial charge in [0.1, 0.15) is 17.1 Å². The first-order valence-electron chi connectivity index (χ1n) is 11.4. The van der Waals surface area contributed by atoms with Crippen LogP contribution in [0.4, 0.5) is 5.69 Å². The second-order valence-corrected chi connectivity index (χ2v) is 8.45. The van der Waals surface area contributed by atoms with Crippen LogP contribution in [0.15, 0.2) is 84.4 Å². The molecular weight excluding hydrogens is 444 g/mol. The average molecular weight is 471 g/mol. The zero-order chi connectivity index (χ0) is 23.9. The molecule has 0 radical (unpaired) electrons. The van der Waals surface area contributed by atoms with E-state index < -0.39 is 11.8 Å². The Balaban J connectivity index is 1.51. The predicted molar refractivity (Wildman–Crippen MR) is 139 cm³/mol. The van der Waals surface area contributed by atoms with Gasteiger partial charge in [0.2, 0.25) is 0 Å². The highest BCUT2D eigenvalue weighted by atomic mass is 32.1. The zero-order valence-electron chi connectivity index (χ0n) is 19.0. The molecule has 0 atom stereocenters. The van der Waals surface area contributed by atoms with Crippen molar-refractivity contribution in [1.82, 2.24) is 5.32 Å². The standard InChI is InChI=1S/C28H26N2O3S/c1-2-3-5-8-20-11-13-21(14-12-20)19-25-26(31)29-28(34)30(27(25)32)22-15-17-24(18-16-22)33-23-9-6-4-7-10-23/h4,6-7,9-19H,2-3,5,8H2,1H3,(H,29,31,34). The van der Waals surface area contributed by atoms with E-state index in [-0.39, 0.29) is 10.7 Å². The van der Waals surface area contributed by atoms with E-state index >= 15 is 0 Å². The summed E-state index contributed by atoms with van der Waals surface area (Å²) in [6, 6.07) is 24.4. The first-order chi connectivity index (χ1) is 16.5. The molecule has 0 aliphatic carbocycles. The molecule has 1 N–H and O–H groups in total. The summed E-state index contributed by atoms with van der Waals surface area (Å²) >= 11 is 5.30. The number of para-hydroxylation sites is 1. The summed E-state index contributed by atoms with van der Waals surface area (Å²) in [6.45, 7) is 2.18. The van der Waals surface area contributed by atoms with Gasteiger partial charge in [0.15, 0.2) is 5.11 Å². The Morgan fingerprint density at radius 3 is 2.24 bits per heavy atom. The number of ether oxygens (including phenoxy) is 1. The molecular formula is C28H26N2O3S. The number of aryl methyl sites for hydroxylation is 1. The molecule has 5 nitrogen and oxygen atoms in total. The fourth-order valence-corrected chi connectivity index (χ4v) is 3.99. The van der Waals surface area contributed by atoms with Crippen LogP contribution in [0.25, 0.3) is 6.08 Å². The molecule has 3 aromatic carbocycles. The van der Waals surface area contributed by atoms with Crippen molar-refractivity contribution in [2.45, 2.75) is 32.6 Å². The SMILES string of the molecule is CCCCCc1ccc(C=C2C(=O)NC(=S)N(c3ccc(Oc4ccccc4)cc3)C2=O)cc1. The lowest BCUT2D eigenvalue weighted by Gasteiger charge is -2.29. The van der Waals surface area contributed by atoms with Crippen LogP contribution in [0.2, 0.25) is 0 Å². The molecule has 6 heteroatoms. The van der Waals surface area contributed by atoms with Crippen molar-refractivity contribution in [3.63, 3.8) is 0 Å². The largest absolute Gasteiger partial charge is 0.457 e. The first-order valence-corrected chi connectivity index (χ1v) is 11.8. The Bertz CT molecular complexity index is 1200. The van der Waals surface area contributed by atoms with E-state index in [9.17, 15) is 9.59 Å². The van der Waals surface area contributed by atoms with Crippen LogP contribution in [0, 0.1) is 0 Å².